The molecule has 1 aliphatic rings. The average Bonchev–Trinajstić information content (AvgIpc) is 2.98. The van der Waals surface area contributed by atoms with Crippen LogP contribution in [0.5, 0.6) is 0 Å². The van der Waals surface area contributed by atoms with Gasteiger partial charge in [-0.3, -0.25) is 4.79 Å². The van der Waals surface area contributed by atoms with Crippen LogP contribution in [-0.2, 0) is 16.0 Å². The van der Waals surface area contributed by atoms with Gasteiger partial charge in [-0.2, -0.15) is 4.98 Å². The number of hydrogen-bond acceptors (Lipinski definition) is 6. The summed E-state index contributed by atoms with van der Waals surface area (Å²) in [6, 6.07) is -1.01. The minimum absolute atomic E-state index is 0.0788. The predicted octanol–water partition coefficient (Wildman–Crippen LogP) is -0.291. The van der Waals surface area contributed by atoms with Crippen LogP contribution in [0.3, 0.4) is 0 Å². The topological polar surface area (TPSA) is 127 Å². The van der Waals surface area contributed by atoms with Gasteiger partial charge in [0.05, 0.1) is 19.3 Å². The summed E-state index contributed by atoms with van der Waals surface area (Å²) < 4.78 is 9.97. The molecule has 0 bridgehead atoms. The van der Waals surface area contributed by atoms with Crippen molar-refractivity contribution in [1.82, 2.24) is 20.8 Å². The van der Waals surface area contributed by atoms with Gasteiger partial charge in [-0.15, -0.1) is 0 Å². The SMILES string of the molecule is Cc1nc(CCNC(=O)NC2COCC2(C)C(=O)O)no1. The number of carboxylic acid groups (broad SMARTS) is 1. The Morgan fingerprint density at radius 3 is 2.90 bits per heavy atom. The molecule has 0 saturated carbocycles. The van der Waals surface area contributed by atoms with Gasteiger partial charge in [0.2, 0.25) is 5.89 Å². The van der Waals surface area contributed by atoms with Gasteiger partial charge in [-0.1, -0.05) is 5.16 Å². The number of ether oxygens (including phenoxy) is 1. The number of carbonyl (C=O) groups is 2. The Balaban J connectivity index is 1.78. The van der Waals surface area contributed by atoms with Gasteiger partial charge in [0.25, 0.3) is 0 Å². The molecule has 2 unspecified atom stereocenters. The number of carboxylic acids is 1. The van der Waals surface area contributed by atoms with Gasteiger partial charge in [-0.05, 0) is 6.92 Å². The standard InChI is InChI=1S/C12H18N4O5/c1-7-14-9(16-21-7)3-4-13-11(19)15-8-5-20-6-12(8,2)10(17)18/h8H,3-6H2,1-2H3,(H,17,18)(H2,13,15,19). The summed E-state index contributed by atoms with van der Waals surface area (Å²) >= 11 is 0. The number of aromatic nitrogens is 2. The molecule has 21 heavy (non-hydrogen) atoms. The van der Waals surface area contributed by atoms with Gasteiger partial charge >= 0.3 is 12.0 Å². The molecule has 1 saturated heterocycles. The molecular weight excluding hydrogens is 280 g/mol. The molecule has 116 valence electrons. The molecule has 0 radical (unpaired) electrons. The maximum atomic E-state index is 11.8. The van der Waals surface area contributed by atoms with E-state index in [0.29, 0.717) is 24.7 Å². The normalized spacial score (nSPS) is 24.8. The first-order valence-corrected chi connectivity index (χ1v) is 6.56. The van der Waals surface area contributed by atoms with Crippen molar-refractivity contribution in [2.24, 2.45) is 5.41 Å². The lowest BCUT2D eigenvalue weighted by atomic mass is 9.85. The van der Waals surface area contributed by atoms with Crippen LogP contribution in [0.25, 0.3) is 0 Å². The number of aryl methyl sites for hydroxylation is 1. The van der Waals surface area contributed by atoms with Crippen LogP contribution in [-0.4, -0.2) is 53.0 Å². The molecule has 2 atom stereocenters. The largest absolute Gasteiger partial charge is 0.481 e. The summed E-state index contributed by atoms with van der Waals surface area (Å²) in [6.07, 6.45) is 0.433. The molecule has 0 spiro atoms. The Hall–Kier alpha value is -2.16. The quantitative estimate of drug-likeness (QED) is 0.681. The third kappa shape index (κ3) is 3.48. The number of hydrogen-bond donors (Lipinski definition) is 3. The lowest BCUT2D eigenvalue weighted by Gasteiger charge is -2.25. The number of urea groups is 1. The Morgan fingerprint density at radius 1 is 1.52 bits per heavy atom. The molecule has 1 aliphatic heterocycles. The number of rotatable bonds is 5. The highest BCUT2D eigenvalue weighted by atomic mass is 16.5. The number of nitrogens with zero attached hydrogens (tertiary/aromatic N) is 2. The minimum atomic E-state index is -1.11. The van der Waals surface area contributed by atoms with E-state index in [4.69, 9.17) is 9.26 Å². The van der Waals surface area contributed by atoms with Gasteiger partial charge in [0.15, 0.2) is 5.82 Å². The molecule has 9 nitrogen and oxygen atoms in total. The van der Waals surface area contributed by atoms with Crippen molar-refractivity contribution in [3.05, 3.63) is 11.7 Å². The zero-order valence-electron chi connectivity index (χ0n) is 11.9. The van der Waals surface area contributed by atoms with Gasteiger partial charge in [0, 0.05) is 19.9 Å². The van der Waals surface area contributed by atoms with Crippen LogP contribution in [0, 0.1) is 12.3 Å². The lowest BCUT2D eigenvalue weighted by Crippen LogP contribution is -2.52. The van der Waals surface area contributed by atoms with E-state index in [1.807, 2.05) is 0 Å². The smallest absolute Gasteiger partial charge is 0.315 e. The van der Waals surface area contributed by atoms with E-state index >= 15 is 0 Å². The Bertz CT molecular complexity index is 531. The number of nitrogens with one attached hydrogen (secondary N) is 2. The predicted molar refractivity (Wildman–Crippen MR) is 69.6 cm³/mol. The van der Waals surface area contributed by atoms with Crippen LogP contribution >= 0.6 is 0 Å². The maximum Gasteiger partial charge on any atom is 0.315 e. The summed E-state index contributed by atoms with van der Waals surface area (Å²) in [5.41, 5.74) is -1.11. The summed E-state index contributed by atoms with van der Waals surface area (Å²) in [5, 5.41) is 18.2. The summed E-state index contributed by atoms with van der Waals surface area (Å²) in [5.74, 6) is -0.0188. The average molecular weight is 298 g/mol. The third-order valence-electron chi connectivity index (χ3n) is 3.45. The molecule has 0 aromatic carbocycles. The van der Waals surface area contributed by atoms with Crippen molar-refractivity contribution in [1.29, 1.82) is 0 Å². The van der Waals surface area contributed by atoms with Crippen molar-refractivity contribution in [2.45, 2.75) is 26.3 Å². The van der Waals surface area contributed by atoms with E-state index < -0.39 is 23.5 Å². The number of carbonyl (C=O) groups excluding carboxylic acids is 1. The molecule has 1 aromatic rings. The van der Waals surface area contributed by atoms with Crippen molar-refractivity contribution in [2.75, 3.05) is 19.8 Å². The third-order valence-corrected chi connectivity index (χ3v) is 3.45. The van der Waals surface area contributed by atoms with Crippen molar-refractivity contribution < 1.29 is 24.0 Å². The van der Waals surface area contributed by atoms with E-state index in [2.05, 4.69) is 20.8 Å². The second kappa shape index (κ2) is 6.08. The summed E-state index contributed by atoms with van der Waals surface area (Å²) in [6.45, 7) is 3.82. The molecule has 2 amide bonds. The fourth-order valence-corrected chi connectivity index (χ4v) is 2.03. The summed E-state index contributed by atoms with van der Waals surface area (Å²) in [7, 11) is 0. The number of amides is 2. The van der Waals surface area contributed by atoms with Crippen molar-refractivity contribution in [3.63, 3.8) is 0 Å². The van der Waals surface area contributed by atoms with Crippen LogP contribution in [0.15, 0.2) is 4.52 Å². The van der Waals surface area contributed by atoms with E-state index in [9.17, 15) is 14.7 Å². The van der Waals surface area contributed by atoms with Gasteiger partial charge in [-0.25, -0.2) is 4.79 Å². The molecule has 9 heteroatoms. The minimum Gasteiger partial charge on any atom is -0.481 e. The van der Waals surface area contributed by atoms with Gasteiger partial charge < -0.3 is 25.0 Å². The highest BCUT2D eigenvalue weighted by molar-refractivity contribution is 5.79. The fraction of sp³-hybridized carbons (Fsp3) is 0.667. The van der Waals surface area contributed by atoms with E-state index in [1.54, 1.807) is 13.8 Å². The Kier molecular flexibility index (Phi) is 4.41. The molecule has 2 heterocycles. The molecular formula is C12H18N4O5. The van der Waals surface area contributed by atoms with Crippen LogP contribution in [0.2, 0.25) is 0 Å². The van der Waals surface area contributed by atoms with Crippen LogP contribution in [0.1, 0.15) is 18.6 Å². The van der Waals surface area contributed by atoms with Crippen LogP contribution in [0.4, 0.5) is 4.79 Å². The van der Waals surface area contributed by atoms with E-state index in [-0.39, 0.29) is 13.2 Å². The van der Waals surface area contributed by atoms with E-state index in [1.165, 1.54) is 0 Å². The Labute approximate surface area is 121 Å². The molecule has 1 fully saturated rings. The summed E-state index contributed by atoms with van der Waals surface area (Å²) in [4.78, 5) is 27.0. The second-order valence-electron chi connectivity index (χ2n) is 5.17. The first kappa shape index (κ1) is 15.2. The van der Waals surface area contributed by atoms with Crippen molar-refractivity contribution >= 4 is 12.0 Å². The molecule has 2 rings (SSSR count). The molecule has 0 aliphatic carbocycles. The first-order valence-electron chi connectivity index (χ1n) is 6.56. The molecule has 1 aromatic heterocycles. The first-order chi connectivity index (χ1) is 9.91. The zero-order chi connectivity index (χ0) is 15.5. The van der Waals surface area contributed by atoms with E-state index in [0.717, 1.165) is 0 Å². The highest BCUT2D eigenvalue weighted by Gasteiger charge is 2.47. The number of aliphatic carboxylic acids is 1. The monoisotopic (exact) mass is 298 g/mol. The highest BCUT2D eigenvalue weighted by Crippen LogP contribution is 2.28. The van der Waals surface area contributed by atoms with Crippen LogP contribution < -0.4 is 10.6 Å². The second-order valence-corrected chi connectivity index (χ2v) is 5.17. The molecule has 3 N–H and O–H groups in total. The van der Waals surface area contributed by atoms with Gasteiger partial charge in [0.1, 0.15) is 5.41 Å². The lowest BCUT2D eigenvalue weighted by molar-refractivity contribution is -0.148. The van der Waals surface area contributed by atoms with Crippen molar-refractivity contribution in [3.8, 4) is 0 Å². The Morgan fingerprint density at radius 2 is 2.29 bits per heavy atom. The maximum absolute atomic E-state index is 11.8. The zero-order valence-corrected chi connectivity index (χ0v) is 11.9. The fourth-order valence-electron chi connectivity index (χ4n) is 2.03.